The number of hydrogen-bond acceptors (Lipinski definition) is 6. The molecule has 4 N–H and O–H groups in total. The smallest absolute Gasteiger partial charge is 0.226 e. The summed E-state index contributed by atoms with van der Waals surface area (Å²) in [6, 6.07) is 0. The number of aliphatic hydroxyl groups is 1. The monoisotopic (exact) mass is 278 g/mol. The Labute approximate surface area is 118 Å². The Balaban J connectivity index is 2.43. The number of fused-ring (bicyclic) bond motifs is 1. The van der Waals surface area contributed by atoms with Crippen LogP contribution in [0.3, 0.4) is 0 Å². The van der Waals surface area contributed by atoms with Gasteiger partial charge in [-0.2, -0.15) is 15.1 Å². The van der Waals surface area contributed by atoms with E-state index >= 15 is 0 Å². The van der Waals surface area contributed by atoms with Crippen molar-refractivity contribution in [1.29, 1.82) is 0 Å². The van der Waals surface area contributed by atoms with Crippen LogP contribution in [0.15, 0.2) is 6.20 Å². The maximum Gasteiger partial charge on any atom is 0.226 e. The summed E-state index contributed by atoms with van der Waals surface area (Å²) in [6.45, 7) is 6.88. The zero-order chi connectivity index (χ0) is 14.6. The Morgan fingerprint density at radius 3 is 2.60 bits per heavy atom. The van der Waals surface area contributed by atoms with Crippen molar-refractivity contribution in [2.45, 2.75) is 39.2 Å². The molecule has 0 atom stereocenters. The first-order chi connectivity index (χ1) is 9.68. The molecule has 7 nitrogen and oxygen atoms in total. The van der Waals surface area contributed by atoms with Gasteiger partial charge in [-0.25, -0.2) is 0 Å². The van der Waals surface area contributed by atoms with Crippen molar-refractivity contribution in [3.05, 3.63) is 6.20 Å². The highest BCUT2D eigenvalue weighted by Crippen LogP contribution is 2.26. The van der Waals surface area contributed by atoms with Gasteiger partial charge in [0.2, 0.25) is 5.95 Å². The second-order valence-corrected chi connectivity index (χ2v) is 4.83. The van der Waals surface area contributed by atoms with E-state index in [4.69, 9.17) is 0 Å². The van der Waals surface area contributed by atoms with E-state index in [2.05, 4.69) is 30.8 Å². The van der Waals surface area contributed by atoms with Crippen molar-refractivity contribution >= 4 is 22.8 Å². The molecule has 0 unspecified atom stereocenters. The van der Waals surface area contributed by atoms with Gasteiger partial charge in [-0.05, 0) is 19.8 Å². The lowest BCUT2D eigenvalue weighted by molar-refractivity contribution is 0.202. The second kappa shape index (κ2) is 6.04. The van der Waals surface area contributed by atoms with Gasteiger partial charge in [0.1, 0.15) is 5.82 Å². The van der Waals surface area contributed by atoms with Gasteiger partial charge in [-0.3, -0.25) is 5.10 Å². The van der Waals surface area contributed by atoms with Crippen molar-refractivity contribution in [2.24, 2.45) is 0 Å². The first kappa shape index (κ1) is 14.5. The minimum Gasteiger partial charge on any atom is -0.394 e. The fraction of sp³-hybridized carbons (Fsp3) is 0.615. The van der Waals surface area contributed by atoms with E-state index in [1.165, 1.54) is 0 Å². The van der Waals surface area contributed by atoms with Crippen LogP contribution in [0.1, 0.15) is 33.6 Å². The molecule has 0 aromatic carbocycles. The quantitative estimate of drug-likeness (QED) is 0.616. The maximum absolute atomic E-state index is 9.69. The van der Waals surface area contributed by atoms with Crippen molar-refractivity contribution in [3.63, 3.8) is 0 Å². The van der Waals surface area contributed by atoms with Crippen molar-refractivity contribution in [1.82, 2.24) is 20.2 Å². The zero-order valence-electron chi connectivity index (χ0n) is 12.2. The summed E-state index contributed by atoms with van der Waals surface area (Å²) >= 11 is 0. The number of aromatic amines is 1. The predicted octanol–water partition coefficient (Wildman–Crippen LogP) is 1.75. The van der Waals surface area contributed by atoms with Crippen molar-refractivity contribution in [3.8, 4) is 0 Å². The predicted molar refractivity (Wildman–Crippen MR) is 79.9 cm³/mol. The highest BCUT2D eigenvalue weighted by molar-refractivity contribution is 5.87. The van der Waals surface area contributed by atoms with Gasteiger partial charge in [-0.15, -0.1) is 0 Å². The first-order valence-corrected chi connectivity index (χ1v) is 7.02. The second-order valence-electron chi connectivity index (χ2n) is 4.83. The molecule has 0 fully saturated rings. The lowest BCUT2D eigenvalue weighted by atomic mass is 9.94. The van der Waals surface area contributed by atoms with Crippen LogP contribution < -0.4 is 10.6 Å². The van der Waals surface area contributed by atoms with E-state index in [-0.39, 0.29) is 12.1 Å². The molecule has 0 spiro atoms. The van der Waals surface area contributed by atoms with Crippen LogP contribution >= 0.6 is 0 Å². The first-order valence-electron chi connectivity index (χ1n) is 7.02. The number of aromatic nitrogens is 4. The van der Waals surface area contributed by atoms with E-state index in [9.17, 15) is 5.11 Å². The summed E-state index contributed by atoms with van der Waals surface area (Å²) < 4.78 is 0. The molecule has 2 aromatic rings. The molecule has 110 valence electrons. The van der Waals surface area contributed by atoms with Crippen LogP contribution in [0.5, 0.6) is 0 Å². The fourth-order valence-corrected chi connectivity index (χ4v) is 2.11. The van der Waals surface area contributed by atoms with E-state index in [1.54, 1.807) is 6.20 Å². The number of H-pyrrole nitrogens is 1. The number of rotatable bonds is 7. The van der Waals surface area contributed by atoms with Gasteiger partial charge in [0, 0.05) is 6.54 Å². The molecule has 2 aromatic heterocycles. The average molecular weight is 278 g/mol. The van der Waals surface area contributed by atoms with E-state index in [0.29, 0.717) is 17.4 Å². The van der Waals surface area contributed by atoms with Gasteiger partial charge in [0.25, 0.3) is 0 Å². The standard InChI is InChI=1S/C13H22N6O/c1-4-13(5-2,8-20)18-10-9-7-15-19-11(9)17-12(16-10)14-6-3/h7,20H,4-6,8H2,1-3H3,(H3,14,15,16,17,18,19). The van der Waals surface area contributed by atoms with Crippen LogP contribution in [-0.2, 0) is 0 Å². The summed E-state index contributed by atoms with van der Waals surface area (Å²) in [5.41, 5.74) is 0.305. The number of nitrogens with zero attached hydrogens (tertiary/aromatic N) is 3. The Morgan fingerprint density at radius 1 is 1.25 bits per heavy atom. The molecule has 2 heterocycles. The Hall–Kier alpha value is -1.89. The minimum atomic E-state index is -0.373. The summed E-state index contributed by atoms with van der Waals surface area (Å²) in [5, 5.41) is 23.8. The fourth-order valence-electron chi connectivity index (χ4n) is 2.11. The third-order valence-electron chi connectivity index (χ3n) is 3.68. The number of hydrogen-bond donors (Lipinski definition) is 4. The molecular weight excluding hydrogens is 256 g/mol. The zero-order valence-corrected chi connectivity index (χ0v) is 12.2. The maximum atomic E-state index is 9.69. The van der Waals surface area contributed by atoms with Gasteiger partial charge in [-0.1, -0.05) is 13.8 Å². The summed E-state index contributed by atoms with van der Waals surface area (Å²) in [7, 11) is 0. The highest BCUT2D eigenvalue weighted by atomic mass is 16.3. The van der Waals surface area contributed by atoms with Crippen LogP contribution in [-0.4, -0.2) is 44.0 Å². The SMILES string of the molecule is CCNc1nc(NC(CC)(CC)CO)c2cn[nH]c2n1. The molecule has 2 rings (SSSR count). The average Bonchev–Trinajstić information content (AvgIpc) is 2.94. The molecule has 0 bridgehead atoms. The minimum absolute atomic E-state index is 0.0554. The number of anilines is 2. The lowest BCUT2D eigenvalue weighted by Gasteiger charge is -2.31. The number of nitrogens with one attached hydrogen (secondary N) is 3. The van der Waals surface area contributed by atoms with Crippen molar-refractivity contribution in [2.75, 3.05) is 23.8 Å². The van der Waals surface area contributed by atoms with Gasteiger partial charge in [0.15, 0.2) is 5.65 Å². The van der Waals surface area contributed by atoms with Gasteiger partial charge < -0.3 is 15.7 Å². The Kier molecular flexibility index (Phi) is 4.39. The molecule has 0 aliphatic heterocycles. The molecule has 7 heteroatoms. The summed E-state index contributed by atoms with van der Waals surface area (Å²) in [6.07, 6.45) is 3.31. The number of aliphatic hydroxyl groups excluding tert-OH is 1. The van der Waals surface area contributed by atoms with Gasteiger partial charge in [0.05, 0.1) is 23.7 Å². The molecule has 0 amide bonds. The Bertz CT molecular complexity index is 555. The van der Waals surface area contributed by atoms with Crippen LogP contribution in [0.2, 0.25) is 0 Å². The van der Waals surface area contributed by atoms with Gasteiger partial charge >= 0.3 is 0 Å². The highest BCUT2D eigenvalue weighted by Gasteiger charge is 2.26. The molecule has 0 radical (unpaired) electrons. The molecule has 0 aliphatic carbocycles. The summed E-state index contributed by atoms with van der Waals surface area (Å²) in [4.78, 5) is 8.84. The molecular formula is C13H22N6O. The third-order valence-corrected chi connectivity index (χ3v) is 3.68. The lowest BCUT2D eigenvalue weighted by Crippen LogP contribution is -2.41. The summed E-state index contributed by atoms with van der Waals surface area (Å²) in [5.74, 6) is 1.24. The Morgan fingerprint density at radius 2 is 2.00 bits per heavy atom. The topological polar surface area (TPSA) is 98.8 Å². The van der Waals surface area contributed by atoms with E-state index in [1.807, 2.05) is 20.8 Å². The molecule has 0 saturated carbocycles. The van der Waals surface area contributed by atoms with Crippen molar-refractivity contribution < 1.29 is 5.11 Å². The molecule has 0 aliphatic rings. The van der Waals surface area contributed by atoms with Crippen LogP contribution in [0.4, 0.5) is 11.8 Å². The molecule has 20 heavy (non-hydrogen) atoms. The third kappa shape index (κ3) is 2.67. The van der Waals surface area contributed by atoms with E-state index in [0.717, 1.165) is 24.8 Å². The van der Waals surface area contributed by atoms with Crippen LogP contribution in [0, 0.1) is 0 Å². The largest absolute Gasteiger partial charge is 0.394 e. The molecule has 0 saturated heterocycles. The van der Waals surface area contributed by atoms with Crippen LogP contribution in [0.25, 0.3) is 11.0 Å². The normalized spacial score (nSPS) is 11.8. The van der Waals surface area contributed by atoms with E-state index < -0.39 is 0 Å².